The fourth-order valence-electron chi connectivity index (χ4n) is 4.28. The Morgan fingerprint density at radius 1 is 0.862 bits per heavy atom. The number of hydrogen-bond acceptors (Lipinski definition) is 6. The highest BCUT2D eigenvalue weighted by Crippen LogP contribution is 2.49. The highest BCUT2D eigenvalue weighted by atomic mass is 16.6. The topological polar surface area (TPSA) is 110 Å². The lowest BCUT2D eigenvalue weighted by Gasteiger charge is -2.60. The fraction of sp³-hybridized carbons (Fsp3) is 0.391. The van der Waals surface area contributed by atoms with Gasteiger partial charge in [-0.3, -0.25) is 0 Å². The van der Waals surface area contributed by atoms with Crippen molar-refractivity contribution in [1.82, 2.24) is 0 Å². The lowest BCUT2D eigenvalue weighted by atomic mass is 9.60. The Hall–Kier alpha value is -2.06. The Bertz CT molecular complexity index is 813. The second kappa shape index (κ2) is 8.36. The molecule has 1 aliphatic rings. The summed E-state index contributed by atoms with van der Waals surface area (Å²) < 4.78 is 5.42. The molecule has 2 aromatic carbocycles. The molecule has 1 fully saturated rings. The van der Waals surface area contributed by atoms with Gasteiger partial charge in [-0.05, 0) is 17.5 Å². The lowest BCUT2D eigenvalue weighted by molar-refractivity contribution is -0.394. The first-order chi connectivity index (χ1) is 13.8. The molecule has 6 nitrogen and oxygen atoms in total. The van der Waals surface area contributed by atoms with Gasteiger partial charge < -0.3 is 30.3 Å². The SMILES string of the molecule is C=CC[C@@]1(O)[C@@H](CO)O[C@H](O)[C@@](O)(Cc2ccccc2)[C@]1(O)Cc1ccccc1. The molecule has 0 spiro atoms. The van der Waals surface area contributed by atoms with Crippen LogP contribution in [0.1, 0.15) is 17.5 Å². The zero-order valence-electron chi connectivity index (χ0n) is 16.2. The van der Waals surface area contributed by atoms with Gasteiger partial charge in [-0.1, -0.05) is 66.7 Å². The molecule has 0 aliphatic carbocycles. The van der Waals surface area contributed by atoms with Gasteiger partial charge in [-0.15, -0.1) is 6.58 Å². The van der Waals surface area contributed by atoms with E-state index in [1.54, 1.807) is 48.5 Å². The molecule has 0 unspecified atom stereocenters. The number of aliphatic hydroxyl groups excluding tert-OH is 2. The van der Waals surface area contributed by atoms with Crippen molar-refractivity contribution >= 4 is 0 Å². The molecule has 0 saturated carbocycles. The van der Waals surface area contributed by atoms with Gasteiger partial charge in [0, 0.05) is 12.8 Å². The van der Waals surface area contributed by atoms with Crippen LogP contribution in [-0.4, -0.2) is 61.3 Å². The van der Waals surface area contributed by atoms with Crippen molar-refractivity contribution in [3.05, 3.63) is 84.4 Å². The van der Waals surface area contributed by atoms with E-state index in [-0.39, 0.29) is 19.3 Å². The average Bonchev–Trinajstić information content (AvgIpc) is 2.72. The van der Waals surface area contributed by atoms with Gasteiger partial charge in [0.15, 0.2) is 11.9 Å². The van der Waals surface area contributed by atoms with E-state index in [1.165, 1.54) is 6.08 Å². The van der Waals surface area contributed by atoms with Gasteiger partial charge in [0.2, 0.25) is 0 Å². The van der Waals surface area contributed by atoms with Crippen molar-refractivity contribution in [3.63, 3.8) is 0 Å². The average molecular weight is 400 g/mol. The zero-order chi connectivity index (χ0) is 21.1. The summed E-state index contributed by atoms with van der Waals surface area (Å²) >= 11 is 0. The van der Waals surface area contributed by atoms with E-state index < -0.39 is 35.8 Å². The first-order valence-electron chi connectivity index (χ1n) is 9.61. The Morgan fingerprint density at radius 3 is 1.86 bits per heavy atom. The standard InChI is InChI=1S/C23H28O6/c1-2-13-21(26)19(16-24)29-20(25)22(27,14-17-9-5-3-6-10-17)23(21,28)15-18-11-7-4-8-12-18/h2-12,19-20,24-28H,1,13-16H2/t19-,20+,21-,22+,23+/m1/s1. The Morgan fingerprint density at radius 2 is 1.38 bits per heavy atom. The van der Waals surface area contributed by atoms with Crippen LogP contribution in [0.3, 0.4) is 0 Å². The van der Waals surface area contributed by atoms with E-state index in [1.807, 2.05) is 12.1 Å². The van der Waals surface area contributed by atoms with E-state index in [0.29, 0.717) is 11.1 Å². The van der Waals surface area contributed by atoms with Crippen LogP contribution in [0.25, 0.3) is 0 Å². The van der Waals surface area contributed by atoms with Crippen molar-refractivity contribution in [2.75, 3.05) is 6.61 Å². The number of rotatable bonds is 7. The normalized spacial score (nSPS) is 34.7. The summed E-state index contributed by atoms with van der Waals surface area (Å²) in [4.78, 5) is 0. The van der Waals surface area contributed by atoms with Gasteiger partial charge >= 0.3 is 0 Å². The second-order valence-corrected chi connectivity index (χ2v) is 7.69. The quantitative estimate of drug-likeness (QED) is 0.443. The zero-order valence-corrected chi connectivity index (χ0v) is 16.2. The summed E-state index contributed by atoms with van der Waals surface area (Å²) in [5, 5.41) is 55.7. The van der Waals surface area contributed by atoms with E-state index >= 15 is 0 Å². The van der Waals surface area contributed by atoms with E-state index in [2.05, 4.69) is 6.58 Å². The van der Waals surface area contributed by atoms with Gasteiger partial charge in [0.05, 0.1) is 6.61 Å². The Kier molecular flexibility index (Phi) is 6.24. The minimum absolute atomic E-state index is 0.161. The van der Waals surface area contributed by atoms with Crippen LogP contribution in [0.4, 0.5) is 0 Å². The number of benzene rings is 2. The molecule has 3 rings (SSSR count). The highest BCUT2D eigenvalue weighted by Gasteiger charge is 2.70. The van der Waals surface area contributed by atoms with E-state index in [9.17, 15) is 25.5 Å². The number of ether oxygens (including phenoxy) is 1. The molecule has 2 aromatic rings. The molecule has 5 N–H and O–H groups in total. The first kappa shape index (κ1) is 21.6. The smallest absolute Gasteiger partial charge is 0.187 e. The van der Waals surface area contributed by atoms with Crippen molar-refractivity contribution in [1.29, 1.82) is 0 Å². The van der Waals surface area contributed by atoms with Crippen LogP contribution >= 0.6 is 0 Å². The minimum Gasteiger partial charge on any atom is -0.394 e. The molecular formula is C23H28O6. The summed E-state index contributed by atoms with van der Waals surface area (Å²) in [6, 6.07) is 17.7. The molecule has 1 heterocycles. The summed E-state index contributed by atoms with van der Waals surface area (Å²) in [6.45, 7) is 2.99. The van der Waals surface area contributed by atoms with Gasteiger partial charge in [-0.2, -0.15) is 0 Å². The third-order valence-electron chi connectivity index (χ3n) is 5.91. The van der Waals surface area contributed by atoms with Crippen molar-refractivity contribution in [2.24, 2.45) is 0 Å². The van der Waals surface area contributed by atoms with Crippen molar-refractivity contribution in [2.45, 2.75) is 48.5 Å². The third-order valence-corrected chi connectivity index (χ3v) is 5.91. The summed E-state index contributed by atoms with van der Waals surface area (Å²) in [5.74, 6) is 0. The molecule has 156 valence electrons. The predicted octanol–water partition coefficient (Wildman–Crippen LogP) is 0.951. The molecule has 0 radical (unpaired) electrons. The van der Waals surface area contributed by atoms with Crippen molar-refractivity contribution in [3.8, 4) is 0 Å². The van der Waals surface area contributed by atoms with Crippen LogP contribution in [0, 0.1) is 0 Å². The molecule has 6 heteroatoms. The number of aliphatic hydroxyl groups is 5. The largest absolute Gasteiger partial charge is 0.394 e. The Balaban J connectivity index is 2.16. The minimum atomic E-state index is -2.26. The third kappa shape index (κ3) is 3.64. The molecular weight excluding hydrogens is 372 g/mol. The lowest BCUT2D eigenvalue weighted by Crippen LogP contribution is -2.81. The van der Waals surface area contributed by atoms with Crippen LogP contribution < -0.4 is 0 Å². The van der Waals surface area contributed by atoms with Gasteiger partial charge in [-0.25, -0.2) is 0 Å². The Labute approximate surface area is 170 Å². The van der Waals surface area contributed by atoms with E-state index in [0.717, 1.165) is 0 Å². The molecule has 29 heavy (non-hydrogen) atoms. The first-order valence-corrected chi connectivity index (χ1v) is 9.61. The summed E-state index contributed by atoms with van der Waals surface area (Å²) in [7, 11) is 0. The van der Waals surface area contributed by atoms with E-state index in [4.69, 9.17) is 4.74 Å². The molecule has 0 bridgehead atoms. The van der Waals surface area contributed by atoms with Crippen LogP contribution in [0.2, 0.25) is 0 Å². The van der Waals surface area contributed by atoms with Gasteiger partial charge in [0.25, 0.3) is 0 Å². The highest BCUT2D eigenvalue weighted by molar-refractivity contribution is 5.30. The fourth-order valence-corrected chi connectivity index (χ4v) is 4.28. The molecule has 5 atom stereocenters. The number of hydrogen-bond donors (Lipinski definition) is 5. The maximum Gasteiger partial charge on any atom is 0.187 e. The maximum atomic E-state index is 11.9. The van der Waals surface area contributed by atoms with Crippen LogP contribution in [-0.2, 0) is 17.6 Å². The van der Waals surface area contributed by atoms with Crippen LogP contribution in [0.15, 0.2) is 73.3 Å². The monoisotopic (exact) mass is 400 g/mol. The summed E-state index contributed by atoms with van der Waals surface area (Å²) in [6.07, 6.45) is -2.26. The second-order valence-electron chi connectivity index (χ2n) is 7.69. The molecule has 1 saturated heterocycles. The predicted molar refractivity (Wildman–Crippen MR) is 108 cm³/mol. The maximum absolute atomic E-state index is 11.9. The van der Waals surface area contributed by atoms with Crippen molar-refractivity contribution < 1.29 is 30.3 Å². The molecule has 1 aliphatic heterocycles. The molecule has 0 aromatic heterocycles. The van der Waals surface area contributed by atoms with Gasteiger partial charge in [0.1, 0.15) is 17.3 Å². The molecule has 0 amide bonds. The van der Waals surface area contributed by atoms with Crippen LogP contribution in [0.5, 0.6) is 0 Å². The summed E-state index contributed by atoms with van der Waals surface area (Å²) in [5.41, 5.74) is -5.31.